The van der Waals surface area contributed by atoms with Crippen LogP contribution in [0.3, 0.4) is 0 Å². The van der Waals surface area contributed by atoms with Crippen molar-refractivity contribution >= 4 is 33.1 Å². The molecule has 0 unspecified atom stereocenters. The zero-order chi connectivity index (χ0) is 18.0. The number of nitrogens with zero attached hydrogens (tertiary/aromatic N) is 4. The Labute approximate surface area is 147 Å². The van der Waals surface area contributed by atoms with E-state index in [1.54, 1.807) is 0 Å². The lowest BCUT2D eigenvalue weighted by Crippen LogP contribution is -2.07. The minimum Gasteiger partial charge on any atom is -0.324 e. The van der Waals surface area contributed by atoms with E-state index in [-0.39, 0.29) is 21.6 Å². The molecular formula is C15H11ClFN5O2S. The van der Waals surface area contributed by atoms with Gasteiger partial charge >= 0.3 is 0 Å². The van der Waals surface area contributed by atoms with Gasteiger partial charge in [0.05, 0.1) is 5.02 Å². The van der Waals surface area contributed by atoms with Gasteiger partial charge in [0.2, 0.25) is 5.95 Å². The maximum Gasteiger partial charge on any atom is 0.228 e. The number of benzene rings is 1. The molecule has 0 aliphatic rings. The van der Waals surface area contributed by atoms with Crippen molar-refractivity contribution in [3.05, 3.63) is 54.0 Å². The van der Waals surface area contributed by atoms with E-state index in [1.165, 1.54) is 43.1 Å². The zero-order valence-electron chi connectivity index (χ0n) is 12.8. The lowest BCUT2D eigenvalue weighted by Gasteiger charge is -2.10. The molecule has 2 aromatic heterocycles. The zero-order valence-corrected chi connectivity index (χ0v) is 14.4. The van der Waals surface area contributed by atoms with Gasteiger partial charge in [0.25, 0.3) is 0 Å². The molecule has 128 valence electrons. The molecule has 0 amide bonds. The highest BCUT2D eigenvalue weighted by Gasteiger charge is 2.19. The summed E-state index contributed by atoms with van der Waals surface area (Å²) in [6.07, 6.45) is 6.66. The topological polar surface area (TPSA) is 97.7 Å². The second-order valence-electron chi connectivity index (χ2n) is 5.07. The number of anilines is 2. The third-order valence-electron chi connectivity index (χ3n) is 3.15. The Balaban J connectivity index is 2.04. The van der Waals surface area contributed by atoms with Crippen molar-refractivity contribution in [1.82, 2.24) is 19.9 Å². The molecule has 1 aromatic carbocycles. The summed E-state index contributed by atoms with van der Waals surface area (Å²) in [6.45, 7) is 0. The van der Waals surface area contributed by atoms with Crippen molar-refractivity contribution in [2.45, 2.75) is 5.03 Å². The second-order valence-corrected chi connectivity index (χ2v) is 7.40. The standard InChI is InChI=1S/C15H11ClFN5O2S/c1-25(23,24)14-11(9-5-18-8-19-6-9)7-20-15(22-14)21-10-2-3-13(17)12(16)4-10/h2-8H,1H3,(H,20,21,22). The smallest absolute Gasteiger partial charge is 0.228 e. The molecule has 25 heavy (non-hydrogen) atoms. The van der Waals surface area contributed by atoms with E-state index in [0.717, 1.165) is 6.26 Å². The molecule has 0 saturated carbocycles. The number of rotatable bonds is 4. The van der Waals surface area contributed by atoms with Crippen molar-refractivity contribution in [2.75, 3.05) is 11.6 Å². The van der Waals surface area contributed by atoms with E-state index in [1.807, 2.05) is 0 Å². The van der Waals surface area contributed by atoms with E-state index < -0.39 is 15.7 Å². The predicted molar refractivity (Wildman–Crippen MR) is 90.9 cm³/mol. The number of sulfone groups is 1. The molecule has 0 atom stereocenters. The van der Waals surface area contributed by atoms with Crippen LogP contribution in [0.15, 0.2) is 48.1 Å². The Morgan fingerprint density at radius 3 is 2.52 bits per heavy atom. The van der Waals surface area contributed by atoms with Crippen LogP contribution in [0, 0.1) is 5.82 Å². The summed E-state index contributed by atoms with van der Waals surface area (Å²) in [4.78, 5) is 15.9. The first-order chi connectivity index (χ1) is 11.8. The Hall–Kier alpha value is -2.65. The summed E-state index contributed by atoms with van der Waals surface area (Å²) in [5, 5.41) is 2.54. The van der Waals surface area contributed by atoms with Gasteiger partial charge in [-0.1, -0.05) is 11.6 Å². The average Bonchev–Trinajstić information content (AvgIpc) is 2.58. The summed E-state index contributed by atoms with van der Waals surface area (Å²) in [7, 11) is -3.64. The van der Waals surface area contributed by atoms with Gasteiger partial charge in [-0.05, 0) is 18.2 Å². The van der Waals surface area contributed by atoms with Crippen LogP contribution in [0.4, 0.5) is 16.0 Å². The van der Waals surface area contributed by atoms with Gasteiger partial charge in [-0.25, -0.2) is 32.7 Å². The summed E-state index contributed by atoms with van der Waals surface area (Å²) in [5.41, 5.74) is 1.17. The number of halogens is 2. The van der Waals surface area contributed by atoms with Gasteiger partial charge in [0.1, 0.15) is 12.1 Å². The van der Waals surface area contributed by atoms with Crippen LogP contribution < -0.4 is 5.32 Å². The highest BCUT2D eigenvalue weighted by molar-refractivity contribution is 7.90. The van der Waals surface area contributed by atoms with Crippen molar-refractivity contribution in [3.8, 4) is 11.1 Å². The van der Waals surface area contributed by atoms with Gasteiger partial charge in [0, 0.05) is 41.7 Å². The van der Waals surface area contributed by atoms with Crippen molar-refractivity contribution in [1.29, 1.82) is 0 Å². The molecule has 0 aliphatic heterocycles. The molecule has 0 spiro atoms. The third kappa shape index (κ3) is 3.89. The van der Waals surface area contributed by atoms with E-state index in [0.29, 0.717) is 11.3 Å². The molecule has 3 aromatic rings. The molecule has 2 heterocycles. The Morgan fingerprint density at radius 2 is 1.88 bits per heavy atom. The molecular weight excluding hydrogens is 369 g/mol. The summed E-state index contributed by atoms with van der Waals surface area (Å²) in [6, 6.07) is 3.96. The molecule has 7 nitrogen and oxygen atoms in total. The van der Waals surface area contributed by atoms with Crippen molar-refractivity contribution in [2.24, 2.45) is 0 Å². The largest absolute Gasteiger partial charge is 0.324 e. The molecule has 0 fully saturated rings. The van der Waals surface area contributed by atoms with E-state index in [9.17, 15) is 12.8 Å². The second kappa shape index (κ2) is 6.69. The SMILES string of the molecule is CS(=O)(=O)c1nc(Nc2ccc(F)c(Cl)c2)ncc1-c1cncnc1. The average molecular weight is 380 g/mol. The Morgan fingerprint density at radius 1 is 1.16 bits per heavy atom. The Kier molecular flexibility index (Phi) is 4.60. The molecule has 0 saturated heterocycles. The predicted octanol–water partition coefficient (Wildman–Crippen LogP) is 2.87. The van der Waals surface area contributed by atoms with E-state index in [4.69, 9.17) is 11.6 Å². The monoisotopic (exact) mass is 379 g/mol. The molecule has 1 N–H and O–H groups in total. The minimum atomic E-state index is -3.64. The summed E-state index contributed by atoms with van der Waals surface area (Å²) < 4.78 is 37.4. The highest BCUT2D eigenvalue weighted by atomic mass is 35.5. The van der Waals surface area contributed by atoms with Gasteiger partial charge in [-0.3, -0.25) is 0 Å². The Bertz CT molecular complexity index is 1030. The molecule has 0 radical (unpaired) electrons. The number of nitrogens with one attached hydrogen (secondary N) is 1. The van der Waals surface area contributed by atoms with Gasteiger partial charge in [-0.15, -0.1) is 0 Å². The first-order valence-corrected chi connectivity index (χ1v) is 9.16. The van der Waals surface area contributed by atoms with Crippen LogP contribution in [-0.4, -0.2) is 34.6 Å². The minimum absolute atomic E-state index is 0.0312. The normalized spacial score (nSPS) is 11.3. The van der Waals surface area contributed by atoms with Gasteiger partial charge in [-0.2, -0.15) is 0 Å². The fraction of sp³-hybridized carbons (Fsp3) is 0.0667. The molecule has 0 bridgehead atoms. The number of aromatic nitrogens is 4. The van der Waals surface area contributed by atoms with Crippen molar-refractivity contribution in [3.63, 3.8) is 0 Å². The molecule has 10 heteroatoms. The van der Waals surface area contributed by atoms with E-state index in [2.05, 4.69) is 25.3 Å². The molecule has 3 rings (SSSR count). The molecule has 0 aliphatic carbocycles. The summed E-state index contributed by atoms with van der Waals surface area (Å²) >= 11 is 5.72. The highest BCUT2D eigenvalue weighted by Crippen LogP contribution is 2.26. The maximum atomic E-state index is 13.2. The van der Waals surface area contributed by atoms with Crippen LogP contribution in [-0.2, 0) is 9.84 Å². The first-order valence-electron chi connectivity index (χ1n) is 6.89. The lowest BCUT2D eigenvalue weighted by molar-refractivity contribution is 0.598. The van der Waals surface area contributed by atoms with Gasteiger partial charge in [0.15, 0.2) is 14.9 Å². The lowest BCUT2D eigenvalue weighted by atomic mass is 10.2. The number of hydrogen-bond donors (Lipinski definition) is 1. The first kappa shape index (κ1) is 17.2. The van der Waals surface area contributed by atoms with Crippen LogP contribution in [0.1, 0.15) is 0 Å². The fourth-order valence-electron chi connectivity index (χ4n) is 2.05. The third-order valence-corrected chi connectivity index (χ3v) is 4.46. The van der Waals surface area contributed by atoms with E-state index >= 15 is 0 Å². The maximum absolute atomic E-state index is 13.2. The van der Waals surface area contributed by atoms with Crippen LogP contribution in [0.2, 0.25) is 5.02 Å². The van der Waals surface area contributed by atoms with Gasteiger partial charge < -0.3 is 5.32 Å². The summed E-state index contributed by atoms with van der Waals surface area (Å²) in [5.74, 6) is -0.534. The van der Waals surface area contributed by atoms with Crippen LogP contribution >= 0.6 is 11.6 Å². The van der Waals surface area contributed by atoms with Crippen LogP contribution in [0.5, 0.6) is 0 Å². The number of hydrogen-bond acceptors (Lipinski definition) is 7. The van der Waals surface area contributed by atoms with Crippen molar-refractivity contribution < 1.29 is 12.8 Å². The van der Waals surface area contributed by atoms with Crippen LogP contribution in [0.25, 0.3) is 11.1 Å². The fourth-order valence-corrected chi connectivity index (χ4v) is 3.05. The quantitative estimate of drug-likeness (QED) is 0.696.